The second-order valence-corrected chi connectivity index (χ2v) is 10.9. The number of carbonyl (C=O) groups excluding carboxylic acids is 1. The molecule has 1 amide bonds. The van der Waals surface area contributed by atoms with Crippen LogP contribution >= 0.6 is 15.9 Å². The van der Waals surface area contributed by atoms with Gasteiger partial charge >= 0.3 is 6.09 Å². The molecule has 1 aliphatic heterocycles. The molecule has 204 valence electrons. The molecule has 0 spiro atoms. The van der Waals surface area contributed by atoms with Crippen molar-refractivity contribution < 1.29 is 14.3 Å². The van der Waals surface area contributed by atoms with Gasteiger partial charge in [0.1, 0.15) is 28.1 Å². The molecular weight excluding hydrogens is 552 g/mol. The van der Waals surface area contributed by atoms with Gasteiger partial charge in [0.15, 0.2) is 10.4 Å². The van der Waals surface area contributed by atoms with Crippen LogP contribution in [-0.4, -0.2) is 68.1 Å². The Morgan fingerprint density at radius 3 is 2.74 bits per heavy atom. The van der Waals surface area contributed by atoms with Gasteiger partial charge in [-0.1, -0.05) is 19.4 Å². The van der Waals surface area contributed by atoms with E-state index in [0.29, 0.717) is 47.7 Å². The van der Waals surface area contributed by atoms with Crippen LogP contribution in [0.3, 0.4) is 0 Å². The predicted molar refractivity (Wildman–Crippen MR) is 151 cm³/mol. The zero-order chi connectivity index (χ0) is 27.4. The number of methoxy groups -OCH3 is 1. The van der Waals surface area contributed by atoms with Gasteiger partial charge in [-0.3, -0.25) is 9.67 Å². The first kappa shape index (κ1) is 27.6. The summed E-state index contributed by atoms with van der Waals surface area (Å²) in [5.41, 5.74) is 9.60. The van der Waals surface area contributed by atoms with Gasteiger partial charge in [0.05, 0.1) is 13.7 Å². The Kier molecular flexibility index (Phi) is 8.39. The van der Waals surface area contributed by atoms with Crippen LogP contribution in [0.25, 0.3) is 16.6 Å². The fraction of sp³-hybridized carbons (Fsp3) is 0.500. The molecule has 0 saturated heterocycles. The SMILES string of the molecule is CCCCNc1nc(N)nc2c(Br)nn(Cc3ncc(C4=CCN(C(=O)OC(C)(C)C)CC4)cc3OC)c12. The molecule has 38 heavy (non-hydrogen) atoms. The summed E-state index contributed by atoms with van der Waals surface area (Å²) < 4.78 is 13.6. The first-order valence-electron chi connectivity index (χ1n) is 12.7. The van der Waals surface area contributed by atoms with Crippen molar-refractivity contribution in [2.45, 2.75) is 59.1 Å². The van der Waals surface area contributed by atoms with Crippen molar-refractivity contribution in [3.05, 3.63) is 34.2 Å². The number of nitrogen functional groups attached to an aromatic ring is 1. The Labute approximate surface area is 230 Å². The third-order valence-corrected chi connectivity index (χ3v) is 6.60. The summed E-state index contributed by atoms with van der Waals surface area (Å²) in [7, 11) is 1.63. The van der Waals surface area contributed by atoms with Crippen molar-refractivity contribution >= 4 is 50.4 Å². The molecule has 0 aliphatic carbocycles. The summed E-state index contributed by atoms with van der Waals surface area (Å²) in [6.07, 6.45) is 6.34. The van der Waals surface area contributed by atoms with Crippen LogP contribution in [0.5, 0.6) is 5.75 Å². The predicted octanol–water partition coefficient (Wildman–Crippen LogP) is 4.86. The van der Waals surface area contributed by atoms with Crippen LogP contribution in [0.15, 0.2) is 22.9 Å². The molecule has 0 fully saturated rings. The van der Waals surface area contributed by atoms with E-state index < -0.39 is 5.60 Å². The second-order valence-electron chi connectivity index (χ2n) is 10.1. The number of nitrogens with two attached hydrogens (primary N) is 1. The molecule has 4 rings (SSSR count). The minimum absolute atomic E-state index is 0.183. The van der Waals surface area contributed by atoms with Gasteiger partial charge < -0.3 is 25.4 Å². The number of ether oxygens (including phenoxy) is 2. The van der Waals surface area contributed by atoms with Gasteiger partial charge in [0.2, 0.25) is 5.95 Å². The molecule has 4 heterocycles. The molecule has 0 radical (unpaired) electrons. The highest BCUT2D eigenvalue weighted by molar-refractivity contribution is 9.10. The standard InChI is InChI=1S/C26H35BrN8O3/c1-6-7-10-29-23-21-20(31-24(28)32-23)22(27)33-35(21)15-18-19(37-5)13-17(14-30-18)16-8-11-34(12-9-16)25(36)38-26(2,3)4/h8,13-14H,6-7,9-12,15H2,1-5H3,(H3,28,29,31,32). The number of nitrogens with one attached hydrogen (secondary N) is 1. The quantitative estimate of drug-likeness (QED) is 0.355. The Bertz CT molecular complexity index is 1350. The lowest BCUT2D eigenvalue weighted by molar-refractivity contribution is 0.0270. The fourth-order valence-electron chi connectivity index (χ4n) is 4.19. The van der Waals surface area contributed by atoms with Gasteiger partial charge in [-0.15, -0.1) is 0 Å². The molecule has 3 aromatic heterocycles. The van der Waals surface area contributed by atoms with Crippen molar-refractivity contribution in [3.63, 3.8) is 0 Å². The molecule has 12 heteroatoms. The Hall–Kier alpha value is -3.41. The summed E-state index contributed by atoms with van der Waals surface area (Å²) in [4.78, 5) is 27.6. The van der Waals surface area contributed by atoms with Crippen LogP contribution in [-0.2, 0) is 11.3 Å². The number of unbranched alkanes of at least 4 members (excludes halogenated alkanes) is 1. The Morgan fingerprint density at radius 1 is 1.29 bits per heavy atom. The number of anilines is 2. The normalized spacial score (nSPS) is 13.9. The Balaban J connectivity index is 1.57. The topological polar surface area (TPSA) is 133 Å². The highest BCUT2D eigenvalue weighted by atomic mass is 79.9. The van der Waals surface area contributed by atoms with E-state index in [1.165, 1.54) is 0 Å². The van der Waals surface area contributed by atoms with Crippen molar-refractivity contribution in [1.29, 1.82) is 0 Å². The van der Waals surface area contributed by atoms with Gasteiger partial charge in [-0.2, -0.15) is 10.1 Å². The number of fused-ring (bicyclic) bond motifs is 1. The number of halogens is 1. The van der Waals surface area contributed by atoms with E-state index in [2.05, 4.69) is 43.2 Å². The smallest absolute Gasteiger partial charge is 0.410 e. The molecule has 3 aromatic rings. The van der Waals surface area contributed by atoms with Gasteiger partial charge in [-0.05, 0) is 66.7 Å². The first-order valence-corrected chi connectivity index (χ1v) is 13.5. The number of carbonyl (C=O) groups is 1. The van der Waals surface area contributed by atoms with E-state index in [0.717, 1.165) is 41.7 Å². The average Bonchev–Trinajstić information content (AvgIpc) is 3.18. The number of amides is 1. The molecule has 1 aliphatic rings. The highest BCUT2D eigenvalue weighted by Gasteiger charge is 2.24. The van der Waals surface area contributed by atoms with Crippen molar-refractivity contribution in [3.8, 4) is 5.75 Å². The third-order valence-electron chi connectivity index (χ3n) is 6.07. The van der Waals surface area contributed by atoms with Crippen LogP contribution in [0.1, 0.15) is 58.2 Å². The molecule has 0 unspecified atom stereocenters. The maximum Gasteiger partial charge on any atom is 0.410 e. The monoisotopic (exact) mass is 586 g/mol. The lowest BCUT2D eigenvalue weighted by Crippen LogP contribution is -2.39. The maximum absolute atomic E-state index is 12.4. The molecular formula is C26H35BrN8O3. The molecule has 0 bridgehead atoms. The van der Waals surface area contributed by atoms with E-state index in [9.17, 15) is 4.79 Å². The van der Waals surface area contributed by atoms with Gasteiger partial charge in [0, 0.05) is 25.8 Å². The zero-order valence-corrected chi connectivity index (χ0v) is 24.1. The molecule has 11 nitrogen and oxygen atoms in total. The highest BCUT2D eigenvalue weighted by Crippen LogP contribution is 2.31. The Morgan fingerprint density at radius 2 is 2.08 bits per heavy atom. The lowest BCUT2D eigenvalue weighted by atomic mass is 10.0. The van der Waals surface area contributed by atoms with E-state index in [1.807, 2.05) is 39.1 Å². The van der Waals surface area contributed by atoms with Crippen molar-refractivity contribution in [2.24, 2.45) is 0 Å². The van der Waals surface area contributed by atoms with Gasteiger partial charge in [-0.25, -0.2) is 9.78 Å². The summed E-state index contributed by atoms with van der Waals surface area (Å²) in [6, 6.07) is 1.98. The lowest BCUT2D eigenvalue weighted by Gasteiger charge is -2.29. The van der Waals surface area contributed by atoms with Crippen LogP contribution < -0.4 is 15.8 Å². The number of hydrogen-bond acceptors (Lipinski definition) is 9. The average molecular weight is 588 g/mol. The summed E-state index contributed by atoms with van der Waals surface area (Å²) in [5, 5.41) is 8.00. The second kappa shape index (κ2) is 11.5. The summed E-state index contributed by atoms with van der Waals surface area (Å²) >= 11 is 3.51. The van der Waals surface area contributed by atoms with E-state index in [4.69, 9.17) is 20.2 Å². The minimum atomic E-state index is -0.519. The first-order chi connectivity index (χ1) is 18.1. The maximum atomic E-state index is 12.4. The largest absolute Gasteiger partial charge is 0.495 e. The van der Waals surface area contributed by atoms with E-state index in [1.54, 1.807) is 16.7 Å². The van der Waals surface area contributed by atoms with E-state index in [-0.39, 0.29) is 12.0 Å². The van der Waals surface area contributed by atoms with Crippen LogP contribution in [0, 0.1) is 0 Å². The van der Waals surface area contributed by atoms with Crippen molar-refractivity contribution in [2.75, 3.05) is 37.8 Å². The molecule has 3 N–H and O–H groups in total. The third kappa shape index (κ3) is 6.35. The number of hydrogen-bond donors (Lipinski definition) is 2. The number of pyridine rings is 1. The molecule has 0 atom stereocenters. The summed E-state index contributed by atoms with van der Waals surface area (Å²) in [6.45, 7) is 9.92. The minimum Gasteiger partial charge on any atom is -0.495 e. The molecule has 0 saturated carbocycles. The van der Waals surface area contributed by atoms with Gasteiger partial charge in [0.25, 0.3) is 0 Å². The van der Waals surface area contributed by atoms with Crippen LogP contribution in [0.4, 0.5) is 16.6 Å². The zero-order valence-electron chi connectivity index (χ0n) is 22.5. The fourth-order valence-corrected chi connectivity index (χ4v) is 4.66. The van der Waals surface area contributed by atoms with Crippen molar-refractivity contribution in [1.82, 2.24) is 29.6 Å². The van der Waals surface area contributed by atoms with E-state index >= 15 is 0 Å². The molecule has 0 aromatic carbocycles. The summed E-state index contributed by atoms with van der Waals surface area (Å²) in [5.74, 6) is 1.47. The number of nitrogens with zero attached hydrogens (tertiary/aromatic N) is 6. The number of aromatic nitrogens is 5. The number of rotatable bonds is 8. The van der Waals surface area contributed by atoms with Crippen LogP contribution in [0.2, 0.25) is 0 Å².